The summed E-state index contributed by atoms with van der Waals surface area (Å²) in [5.74, 6) is -1.38. The van der Waals surface area contributed by atoms with Crippen LogP contribution in [0.5, 0.6) is 0 Å². The molecule has 128 valence electrons. The number of anilines is 1. The van der Waals surface area contributed by atoms with Crippen LogP contribution in [0.25, 0.3) is 0 Å². The number of halogens is 1. The molecule has 4 heterocycles. The van der Waals surface area contributed by atoms with Crippen molar-refractivity contribution in [3.05, 3.63) is 48.0 Å². The standard InChI is InChI=1S/C18H16FN3O3/c19-11-3-1-2-10(6-11)8-21-9-12(7-20-21)22-17(23)15-13-4-5-14(25-13)16(15)18(22)24/h1-3,6-7,9,13-16H,4-5,8H2/t13-,14+,15-,16-/m0/s1. The number of ether oxygens (including phenoxy) is 1. The van der Waals surface area contributed by atoms with Crippen LogP contribution in [0, 0.1) is 17.7 Å². The van der Waals surface area contributed by atoms with Crippen molar-refractivity contribution in [3.8, 4) is 0 Å². The smallest absolute Gasteiger partial charge is 0.240 e. The SMILES string of the molecule is O=C1[C@@H]2[C@@H](C(=O)N1c1cnn(Cc3cccc(F)c3)c1)[C@H]1CC[C@@H]2O1. The number of amides is 2. The van der Waals surface area contributed by atoms with Crippen molar-refractivity contribution in [2.24, 2.45) is 11.8 Å². The van der Waals surface area contributed by atoms with Crippen LogP contribution < -0.4 is 4.90 Å². The van der Waals surface area contributed by atoms with Crippen molar-refractivity contribution < 1.29 is 18.7 Å². The zero-order valence-electron chi connectivity index (χ0n) is 13.3. The molecule has 0 aliphatic carbocycles. The van der Waals surface area contributed by atoms with E-state index in [1.54, 1.807) is 23.0 Å². The van der Waals surface area contributed by atoms with Crippen molar-refractivity contribution in [1.29, 1.82) is 0 Å². The minimum atomic E-state index is -0.349. The van der Waals surface area contributed by atoms with Crippen LogP contribution >= 0.6 is 0 Å². The van der Waals surface area contributed by atoms with E-state index in [1.807, 2.05) is 0 Å². The summed E-state index contributed by atoms with van der Waals surface area (Å²) in [6.07, 6.45) is 4.61. The molecule has 25 heavy (non-hydrogen) atoms. The Bertz CT molecular complexity index is 852. The molecule has 3 saturated heterocycles. The molecule has 3 aliphatic heterocycles. The fourth-order valence-corrected chi connectivity index (χ4v) is 4.34. The van der Waals surface area contributed by atoms with Crippen LogP contribution in [0.15, 0.2) is 36.7 Å². The highest BCUT2D eigenvalue weighted by Gasteiger charge is 2.62. The zero-order valence-corrected chi connectivity index (χ0v) is 13.3. The second kappa shape index (κ2) is 5.23. The topological polar surface area (TPSA) is 64.4 Å². The van der Waals surface area contributed by atoms with Crippen LogP contribution in [-0.2, 0) is 20.9 Å². The Morgan fingerprint density at radius 2 is 1.88 bits per heavy atom. The molecule has 6 nitrogen and oxygen atoms in total. The van der Waals surface area contributed by atoms with Crippen LogP contribution in [0.3, 0.4) is 0 Å². The van der Waals surface area contributed by atoms with Gasteiger partial charge in [0, 0.05) is 6.20 Å². The summed E-state index contributed by atoms with van der Waals surface area (Å²) in [6, 6.07) is 6.26. The number of aromatic nitrogens is 2. The predicted octanol–water partition coefficient (Wildman–Crippen LogP) is 1.74. The summed E-state index contributed by atoms with van der Waals surface area (Å²) in [7, 11) is 0. The monoisotopic (exact) mass is 341 g/mol. The first-order valence-corrected chi connectivity index (χ1v) is 8.42. The third-order valence-electron chi connectivity index (χ3n) is 5.40. The van der Waals surface area contributed by atoms with Crippen LogP contribution in [-0.4, -0.2) is 33.8 Å². The third kappa shape index (κ3) is 2.15. The summed E-state index contributed by atoms with van der Waals surface area (Å²) >= 11 is 0. The Kier molecular flexibility index (Phi) is 3.09. The number of carbonyl (C=O) groups is 2. The Balaban J connectivity index is 1.40. The maximum absolute atomic E-state index is 13.3. The number of rotatable bonds is 3. The summed E-state index contributed by atoms with van der Waals surface area (Å²) < 4.78 is 20.6. The van der Waals surface area contributed by atoms with Gasteiger partial charge in [0.1, 0.15) is 5.82 Å². The summed E-state index contributed by atoms with van der Waals surface area (Å²) in [6.45, 7) is 0.370. The number of fused-ring (bicyclic) bond motifs is 5. The molecule has 0 saturated carbocycles. The molecular weight excluding hydrogens is 325 g/mol. The average Bonchev–Trinajstić information content (AvgIpc) is 3.33. The number of hydrogen-bond donors (Lipinski definition) is 0. The van der Waals surface area contributed by atoms with Gasteiger partial charge in [-0.25, -0.2) is 9.29 Å². The summed E-state index contributed by atoms with van der Waals surface area (Å²) in [4.78, 5) is 26.7. The fourth-order valence-electron chi connectivity index (χ4n) is 4.34. The minimum Gasteiger partial charge on any atom is -0.373 e. The summed E-state index contributed by atoms with van der Waals surface area (Å²) in [5.41, 5.74) is 1.23. The molecule has 2 aromatic rings. The Hall–Kier alpha value is -2.54. The number of benzene rings is 1. The van der Waals surface area contributed by atoms with Gasteiger partial charge in [-0.3, -0.25) is 14.3 Å². The highest BCUT2D eigenvalue weighted by molar-refractivity contribution is 6.22. The van der Waals surface area contributed by atoms with Crippen LogP contribution in [0.2, 0.25) is 0 Å². The molecule has 0 radical (unpaired) electrons. The Morgan fingerprint density at radius 3 is 2.56 bits per heavy atom. The van der Waals surface area contributed by atoms with Gasteiger partial charge in [0.2, 0.25) is 11.8 Å². The van der Waals surface area contributed by atoms with Crippen LogP contribution in [0.1, 0.15) is 18.4 Å². The van der Waals surface area contributed by atoms with Crippen molar-refractivity contribution in [2.45, 2.75) is 31.6 Å². The molecule has 5 rings (SSSR count). The number of nitrogens with zero attached hydrogens (tertiary/aromatic N) is 3. The van der Waals surface area contributed by atoms with E-state index in [9.17, 15) is 14.0 Å². The van der Waals surface area contributed by atoms with Gasteiger partial charge in [0.15, 0.2) is 0 Å². The predicted molar refractivity (Wildman–Crippen MR) is 85.1 cm³/mol. The molecule has 1 aromatic heterocycles. The fraction of sp³-hybridized carbons (Fsp3) is 0.389. The lowest BCUT2D eigenvalue weighted by Crippen LogP contribution is -2.33. The van der Waals surface area contributed by atoms with E-state index in [-0.39, 0.29) is 41.7 Å². The molecule has 3 aliphatic rings. The highest BCUT2D eigenvalue weighted by Crippen LogP contribution is 2.49. The van der Waals surface area contributed by atoms with Gasteiger partial charge in [-0.15, -0.1) is 0 Å². The first-order valence-electron chi connectivity index (χ1n) is 8.42. The molecule has 0 N–H and O–H groups in total. The quantitative estimate of drug-likeness (QED) is 0.798. The maximum atomic E-state index is 13.3. The molecule has 4 atom stereocenters. The van der Waals surface area contributed by atoms with Gasteiger partial charge in [-0.2, -0.15) is 5.10 Å². The molecule has 2 bridgehead atoms. The molecule has 3 fully saturated rings. The van der Waals surface area contributed by atoms with E-state index in [1.165, 1.54) is 23.2 Å². The lowest BCUT2D eigenvalue weighted by Gasteiger charge is -2.15. The number of imide groups is 1. The van der Waals surface area contributed by atoms with Gasteiger partial charge in [-0.1, -0.05) is 12.1 Å². The first-order chi connectivity index (χ1) is 12.1. The number of hydrogen-bond acceptors (Lipinski definition) is 4. The van der Waals surface area contributed by atoms with Gasteiger partial charge < -0.3 is 4.74 Å². The van der Waals surface area contributed by atoms with E-state index >= 15 is 0 Å². The maximum Gasteiger partial charge on any atom is 0.240 e. The molecule has 1 aromatic carbocycles. The van der Waals surface area contributed by atoms with E-state index < -0.39 is 0 Å². The molecule has 0 unspecified atom stereocenters. The Morgan fingerprint density at radius 1 is 1.16 bits per heavy atom. The second-order valence-corrected chi connectivity index (χ2v) is 6.88. The van der Waals surface area contributed by atoms with E-state index in [0.717, 1.165) is 18.4 Å². The highest BCUT2D eigenvalue weighted by atomic mass is 19.1. The second-order valence-electron chi connectivity index (χ2n) is 6.88. The van der Waals surface area contributed by atoms with Crippen molar-refractivity contribution in [3.63, 3.8) is 0 Å². The lowest BCUT2D eigenvalue weighted by molar-refractivity contribution is -0.124. The van der Waals surface area contributed by atoms with E-state index in [0.29, 0.717) is 12.2 Å². The van der Waals surface area contributed by atoms with Gasteiger partial charge in [-0.05, 0) is 30.5 Å². The van der Waals surface area contributed by atoms with E-state index in [2.05, 4.69) is 5.10 Å². The number of carbonyl (C=O) groups excluding carboxylic acids is 2. The average molecular weight is 341 g/mol. The normalized spacial score (nSPS) is 30.4. The summed E-state index contributed by atoms with van der Waals surface area (Å²) in [5, 5.41) is 4.22. The van der Waals surface area contributed by atoms with Crippen molar-refractivity contribution in [1.82, 2.24) is 9.78 Å². The van der Waals surface area contributed by atoms with Gasteiger partial charge in [0.25, 0.3) is 0 Å². The lowest BCUT2D eigenvalue weighted by atomic mass is 9.81. The molecule has 2 amide bonds. The van der Waals surface area contributed by atoms with Gasteiger partial charge >= 0.3 is 0 Å². The first kappa shape index (κ1) is 14.8. The van der Waals surface area contributed by atoms with Crippen LogP contribution in [0.4, 0.5) is 10.1 Å². The van der Waals surface area contributed by atoms with Gasteiger partial charge in [0.05, 0.1) is 42.5 Å². The molecule has 0 spiro atoms. The van der Waals surface area contributed by atoms with Crippen molar-refractivity contribution >= 4 is 17.5 Å². The minimum absolute atomic E-state index is 0.126. The van der Waals surface area contributed by atoms with Crippen molar-refractivity contribution in [2.75, 3.05) is 4.90 Å². The largest absolute Gasteiger partial charge is 0.373 e. The van der Waals surface area contributed by atoms with E-state index in [4.69, 9.17) is 4.74 Å². The molecule has 7 heteroatoms. The Labute approximate surface area is 143 Å². The zero-order chi connectivity index (χ0) is 17.1. The third-order valence-corrected chi connectivity index (χ3v) is 5.40. The molecular formula is C18H16FN3O3.